The molecule has 1 unspecified atom stereocenters. The van der Waals surface area contributed by atoms with Crippen molar-refractivity contribution in [1.29, 1.82) is 0 Å². The second-order valence-electron chi connectivity index (χ2n) is 6.96. The van der Waals surface area contributed by atoms with Gasteiger partial charge in [0.1, 0.15) is 4.88 Å². The van der Waals surface area contributed by atoms with E-state index in [-0.39, 0.29) is 28.7 Å². The summed E-state index contributed by atoms with van der Waals surface area (Å²) in [6.07, 6.45) is 6.51. The Morgan fingerprint density at radius 2 is 2.08 bits per heavy atom. The van der Waals surface area contributed by atoms with Crippen LogP contribution >= 0.6 is 11.3 Å². The zero-order valence-electron chi connectivity index (χ0n) is 13.7. The molecule has 4 nitrogen and oxygen atoms in total. The fraction of sp³-hybridized carbons (Fsp3) is 0.368. The lowest BCUT2D eigenvalue weighted by Gasteiger charge is -2.34. The summed E-state index contributed by atoms with van der Waals surface area (Å²) < 4.78 is 15.7. The van der Waals surface area contributed by atoms with E-state index < -0.39 is 0 Å². The van der Waals surface area contributed by atoms with Crippen LogP contribution in [-0.4, -0.2) is 33.1 Å². The lowest BCUT2D eigenvalue weighted by molar-refractivity contribution is 0.0644. The number of thiophene rings is 1. The maximum atomic E-state index is 14.8. The average molecular weight is 355 g/mol. The van der Waals surface area contributed by atoms with E-state index in [1.54, 1.807) is 6.07 Å². The van der Waals surface area contributed by atoms with Crippen molar-refractivity contribution >= 4 is 27.3 Å². The third-order valence-electron chi connectivity index (χ3n) is 5.29. The van der Waals surface area contributed by atoms with Crippen LogP contribution < -0.4 is 0 Å². The van der Waals surface area contributed by atoms with Gasteiger partial charge in [-0.3, -0.25) is 9.89 Å². The van der Waals surface area contributed by atoms with Crippen molar-refractivity contribution in [2.24, 2.45) is 0 Å². The minimum Gasteiger partial charge on any atom is -0.332 e. The summed E-state index contributed by atoms with van der Waals surface area (Å²) in [4.78, 5) is 15.5. The topological polar surface area (TPSA) is 49.0 Å². The molecule has 3 aromatic rings. The molecule has 2 aromatic heterocycles. The van der Waals surface area contributed by atoms with Crippen LogP contribution in [0.25, 0.3) is 10.1 Å². The summed E-state index contributed by atoms with van der Waals surface area (Å²) in [6.45, 7) is 0. The highest BCUT2D eigenvalue weighted by Crippen LogP contribution is 2.37. The van der Waals surface area contributed by atoms with Gasteiger partial charge in [-0.05, 0) is 43.7 Å². The highest BCUT2D eigenvalue weighted by atomic mass is 32.1. The van der Waals surface area contributed by atoms with E-state index in [1.165, 1.54) is 22.6 Å². The number of H-pyrrole nitrogens is 1. The summed E-state index contributed by atoms with van der Waals surface area (Å²) in [5.74, 6) is -0.505. The van der Waals surface area contributed by atoms with E-state index in [1.807, 2.05) is 29.3 Å². The van der Waals surface area contributed by atoms with Crippen molar-refractivity contribution in [3.63, 3.8) is 0 Å². The Morgan fingerprint density at radius 1 is 1.24 bits per heavy atom. The number of fused-ring (bicyclic) bond motifs is 2. The van der Waals surface area contributed by atoms with Gasteiger partial charge in [-0.2, -0.15) is 5.10 Å². The molecule has 2 aliphatic rings. The monoisotopic (exact) mass is 355 g/mol. The van der Waals surface area contributed by atoms with Gasteiger partial charge in [0.25, 0.3) is 5.91 Å². The molecule has 2 heterocycles. The maximum absolute atomic E-state index is 14.8. The molecule has 0 saturated heterocycles. The minimum absolute atomic E-state index is 0.134. The Hall–Kier alpha value is -2.21. The van der Waals surface area contributed by atoms with Crippen LogP contribution in [-0.2, 0) is 12.8 Å². The first kappa shape index (κ1) is 15.1. The number of nitrogens with zero attached hydrogens (tertiary/aromatic N) is 2. The molecule has 128 valence electrons. The number of rotatable bonds is 3. The largest absolute Gasteiger partial charge is 0.332 e. The van der Waals surface area contributed by atoms with E-state index in [2.05, 4.69) is 10.2 Å². The van der Waals surface area contributed by atoms with Crippen molar-refractivity contribution in [2.45, 2.75) is 44.2 Å². The molecule has 6 heteroatoms. The van der Waals surface area contributed by atoms with Crippen LogP contribution in [0.4, 0.5) is 4.39 Å². The van der Waals surface area contributed by atoms with Gasteiger partial charge >= 0.3 is 0 Å². The highest BCUT2D eigenvalue weighted by molar-refractivity contribution is 7.20. The zero-order valence-corrected chi connectivity index (χ0v) is 14.5. The molecule has 0 spiro atoms. The molecule has 1 amide bonds. The Balaban J connectivity index is 1.50. The number of amides is 1. The number of carbonyl (C=O) groups is 1. The highest BCUT2D eigenvalue weighted by Gasteiger charge is 2.40. The van der Waals surface area contributed by atoms with Gasteiger partial charge in [0.05, 0.1) is 6.20 Å². The van der Waals surface area contributed by atoms with Crippen LogP contribution in [0.2, 0.25) is 0 Å². The standard InChI is InChI=1S/C19H18FN3OS/c20-17-14-3-1-2-4-16(14)25-18(17)19(24)23(12-5-6-12)13-7-8-15-11(9-13)10-21-22-15/h1-4,10,12-13H,5-9H2,(H,21,22). The Morgan fingerprint density at radius 3 is 2.88 bits per heavy atom. The third-order valence-corrected chi connectivity index (χ3v) is 6.42. The molecule has 0 radical (unpaired) electrons. The van der Waals surface area contributed by atoms with Gasteiger partial charge in [-0.15, -0.1) is 11.3 Å². The summed E-state index contributed by atoms with van der Waals surface area (Å²) in [7, 11) is 0. The average Bonchev–Trinajstić information content (AvgIpc) is 3.24. The summed E-state index contributed by atoms with van der Waals surface area (Å²) in [5.41, 5.74) is 2.36. The van der Waals surface area contributed by atoms with Crippen LogP contribution in [0, 0.1) is 5.82 Å². The summed E-state index contributed by atoms with van der Waals surface area (Å²) in [6, 6.07) is 7.71. The fourth-order valence-corrected chi connectivity index (χ4v) is 4.91. The molecule has 25 heavy (non-hydrogen) atoms. The van der Waals surface area contributed by atoms with E-state index in [0.717, 1.165) is 36.8 Å². The predicted octanol–water partition coefficient (Wildman–Crippen LogP) is 3.93. The first-order chi connectivity index (χ1) is 12.2. The first-order valence-corrected chi connectivity index (χ1v) is 9.55. The normalized spacial score (nSPS) is 19.8. The Bertz CT molecular complexity index is 959. The number of carbonyl (C=O) groups excluding carboxylic acids is 1. The van der Waals surface area contributed by atoms with Gasteiger partial charge in [0.15, 0.2) is 5.82 Å². The molecule has 1 atom stereocenters. The summed E-state index contributed by atoms with van der Waals surface area (Å²) >= 11 is 1.27. The molecule has 0 aliphatic heterocycles. The lowest BCUT2D eigenvalue weighted by Crippen LogP contribution is -2.44. The van der Waals surface area contributed by atoms with Gasteiger partial charge in [0.2, 0.25) is 0 Å². The Kier molecular flexibility index (Phi) is 3.41. The third kappa shape index (κ3) is 2.47. The van der Waals surface area contributed by atoms with Crippen molar-refractivity contribution in [2.75, 3.05) is 0 Å². The van der Waals surface area contributed by atoms with E-state index >= 15 is 0 Å². The van der Waals surface area contributed by atoms with Crippen LogP contribution in [0.15, 0.2) is 30.5 Å². The Labute approximate surface area is 148 Å². The number of benzene rings is 1. The number of aryl methyl sites for hydroxylation is 1. The fourth-order valence-electron chi connectivity index (χ4n) is 3.89. The van der Waals surface area contributed by atoms with Crippen molar-refractivity contribution < 1.29 is 9.18 Å². The number of hydrogen-bond acceptors (Lipinski definition) is 3. The number of halogens is 1. The molecule has 1 N–H and O–H groups in total. The van der Waals surface area contributed by atoms with Crippen molar-refractivity contribution in [3.8, 4) is 0 Å². The molecule has 1 aromatic carbocycles. The van der Waals surface area contributed by atoms with E-state index in [0.29, 0.717) is 5.39 Å². The lowest BCUT2D eigenvalue weighted by atomic mass is 9.92. The molecule has 1 fully saturated rings. The second-order valence-corrected chi connectivity index (χ2v) is 8.01. The van der Waals surface area contributed by atoms with Crippen molar-refractivity contribution in [3.05, 3.63) is 52.4 Å². The quantitative estimate of drug-likeness (QED) is 0.774. The van der Waals surface area contributed by atoms with Crippen LogP contribution in [0.5, 0.6) is 0 Å². The minimum atomic E-state index is -0.365. The number of aromatic nitrogens is 2. The van der Waals surface area contributed by atoms with Gasteiger partial charge in [0, 0.05) is 27.9 Å². The summed E-state index contributed by atoms with van der Waals surface area (Å²) in [5, 5.41) is 7.70. The number of hydrogen-bond donors (Lipinski definition) is 1. The van der Waals surface area contributed by atoms with Crippen molar-refractivity contribution in [1.82, 2.24) is 15.1 Å². The molecule has 0 bridgehead atoms. The zero-order chi connectivity index (χ0) is 17.0. The second kappa shape index (κ2) is 5.66. The predicted molar refractivity (Wildman–Crippen MR) is 95.4 cm³/mol. The van der Waals surface area contributed by atoms with Gasteiger partial charge in [-0.25, -0.2) is 4.39 Å². The molecular formula is C19H18FN3OS. The van der Waals surface area contributed by atoms with Gasteiger partial charge < -0.3 is 4.90 Å². The smallest absolute Gasteiger partial charge is 0.267 e. The van der Waals surface area contributed by atoms with Gasteiger partial charge in [-0.1, -0.05) is 18.2 Å². The van der Waals surface area contributed by atoms with E-state index in [4.69, 9.17) is 0 Å². The van der Waals surface area contributed by atoms with E-state index in [9.17, 15) is 9.18 Å². The van der Waals surface area contributed by atoms with Crippen LogP contribution in [0.1, 0.15) is 40.2 Å². The number of nitrogens with one attached hydrogen (secondary N) is 1. The van der Waals surface area contributed by atoms with Crippen LogP contribution in [0.3, 0.4) is 0 Å². The SMILES string of the molecule is O=C(c1sc2ccccc2c1F)N(C1CC1)C1CCc2[nH]ncc2C1. The molecule has 1 saturated carbocycles. The molecule has 5 rings (SSSR count). The molecular weight excluding hydrogens is 337 g/mol. The maximum Gasteiger partial charge on any atom is 0.267 e. The first-order valence-electron chi connectivity index (χ1n) is 8.73. The molecule has 2 aliphatic carbocycles. The number of aromatic amines is 1.